The molecule has 3 rings (SSSR count). The molecule has 0 aliphatic carbocycles. The Balaban J connectivity index is 1.70. The van der Waals surface area contributed by atoms with Crippen molar-refractivity contribution in [3.05, 3.63) is 63.2 Å². The fourth-order valence-corrected chi connectivity index (χ4v) is 3.30. The molecule has 2 aromatic rings. The van der Waals surface area contributed by atoms with Gasteiger partial charge in [0.05, 0.1) is 11.5 Å². The zero-order valence-electron chi connectivity index (χ0n) is 14.9. The zero-order chi connectivity index (χ0) is 19.4. The average molecular weight is 390 g/mol. The van der Waals surface area contributed by atoms with E-state index >= 15 is 0 Å². The Morgan fingerprint density at radius 2 is 1.93 bits per heavy atom. The van der Waals surface area contributed by atoms with Crippen LogP contribution in [-0.4, -0.2) is 48.5 Å². The standard InChI is InChI=1S/C19H20ClN3O4/c1-2-27-16-5-3-4-14(12-16)19(24)22-10-8-21(9-11-22)17-7-6-15(20)13-18(17)23(25)26/h3-7,12-13H,2,8-11H2,1H3. The number of nitro benzene ring substituents is 1. The second kappa shape index (κ2) is 8.26. The van der Waals surface area contributed by atoms with Gasteiger partial charge in [0.15, 0.2) is 0 Å². The molecule has 0 atom stereocenters. The first-order valence-electron chi connectivity index (χ1n) is 8.70. The van der Waals surface area contributed by atoms with Gasteiger partial charge in [-0.15, -0.1) is 0 Å². The van der Waals surface area contributed by atoms with Gasteiger partial charge in [-0.2, -0.15) is 0 Å². The molecule has 0 aromatic heterocycles. The van der Waals surface area contributed by atoms with Crippen molar-refractivity contribution in [2.24, 2.45) is 0 Å². The largest absolute Gasteiger partial charge is 0.494 e. The highest BCUT2D eigenvalue weighted by Crippen LogP contribution is 2.31. The van der Waals surface area contributed by atoms with Crippen molar-refractivity contribution in [3.8, 4) is 5.75 Å². The van der Waals surface area contributed by atoms with Crippen LogP contribution in [0.1, 0.15) is 17.3 Å². The molecule has 0 N–H and O–H groups in total. The lowest BCUT2D eigenvalue weighted by Crippen LogP contribution is -2.49. The van der Waals surface area contributed by atoms with E-state index in [1.54, 1.807) is 35.2 Å². The third-order valence-electron chi connectivity index (χ3n) is 4.43. The van der Waals surface area contributed by atoms with E-state index in [9.17, 15) is 14.9 Å². The topological polar surface area (TPSA) is 75.9 Å². The highest BCUT2D eigenvalue weighted by molar-refractivity contribution is 6.30. The van der Waals surface area contributed by atoms with Crippen molar-refractivity contribution in [2.45, 2.75) is 6.92 Å². The van der Waals surface area contributed by atoms with E-state index in [2.05, 4.69) is 0 Å². The summed E-state index contributed by atoms with van der Waals surface area (Å²) >= 11 is 5.88. The van der Waals surface area contributed by atoms with Crippen molar-refractivity contribution in [2.75, 3.05) is 37.7 Å². The van der Waals surface area contributed by atoms with E-state index in [1.807, 2.05) is 17.9 Å². The summed E-state index contributed by atoms with van der Waals surface area (Å²) in [7, 11) is 0. The number of hydrogen-bond donors (Lipinski definition) is 0. The summed E-state index contributed by atoms with van der Waals surface area (Å²) in [5.41, 5.74) is 1.08. The number of anilines is 1. The Morgan fingerprint density at radius 1 is 1.19 bits per heavy atom. The quantitative estimate of drug-likeness (QED) is 0.576. The summed E-state index contributed by atoms with van der Waals surface area (Å²) in [6.45, 7) is 4.42. The highest BCUT2D eigenvalue weighted by Gasteiger charge is 2.26. The summed E-state index contributed by atoms with van der Waals surface area (Å²) < 4.78 is 5.45. The molecule has 2 aromatic carbocycles. The van der Waals surface area contributed by atoms with Gasteiger partial charge in [0.1, 0.15) is 11.4 Å². The number of nitrogens with zero attached hydrogens (tertiary/aromatic N) is 3. The number of carbonyl (C=O) groups is 1. The molecule has 27 heavy (non-hydrogen) atoms. The predicted octanol–water partition coefficient (Wildman–Crippen LogP) is 3.61. The Morgan fingerprint density at radius 3 is 2.59 bits per heavy atom. The van der Waals surface area contributed by atoms with E-state index < -0.39 is 4.92 Å². The number of hydrogen-bond acceptors (Lipinski definition) is 5. The van der Waals surface area contributed by atoms with Gasteiger partial charge in [0.2, 0.25) is 0 Å². The minimum absolute atomic E-state index is 0.0216. The lowest BCUT2D eigenvalue weighted by Gasteiger charge is -2.35. The van der Waals surface area contributed by atoms with Gasteiger partial charge in [-0.1, -0.05) is 17.7 Å². The highest BCUT2D eigenvalue weighted by atomic mass is 35.5. The van der Waals surface area contributed by atoms with Gasteiger partial charge < -0.3 is 14.5 Å². The minimum Gasteiger partial charge on any atom is -0.494 e. The molecule has 0 spiro atoms. The van der Waals surface area contributed by atoms with E-state index in [4.69, 9.17) is 16.3 Å². The van der Waals surface area contributed by atoms with E-state index in [1.165, 1.54) is 6.07 Å². The first-order valence-corrected chi connectivity index (χ1v) is 9.08. The zero-order valence-corrected chi connectivity index (χ0v) is 15.7. The summed E-state index contributed by atoms with van der Waals surface area (Å²) in [5, 5.41) is 11.6. The maximum absolute atomic E-state index is 12.7. The van der Waals surface area contributed by atoms with Crippen LogP contribution in [0.4, 0.5) is 11.4 Å². The van der Waals surface area contributed by atoms with Crippen molar-refractivity contribution in [3.63, 3.8) is 0 Å². The van der Waals surface area contributed by atoms with Crippen LogP contribution in [0, 0.1) is 10.1 Å². The Bertz CT molecular complexity index is 851. The molecule has 1 amide bonds. The summed E-state index contributed by atoms with van der Waals surface area (Å²) in [4.78, 5) is 27.3. The SMILES string of the molecule is CCOc1cccc(C(=O)N2CCN(c3ccc(Cl)cc3[N+](=O)[O-])CC2)c1. The molecule has 0 radical (unpaired) electrons. The molecule has 7 nitrogen and oxygen atoms in total. The monoisotopic (exact) mass is 389 g/mol. The molecular formula is C19H20ClN3O4. The number of benzene rings is 2. The normalized spacial score (nSPS) is 14.1. The lowest BCUT2D eigenvalue weighted by atomic mass is 10.1. The first-order chi connectivity index (χ1) is 13.0. The fourth-order valence-electron chi connectivity index (χ4n) is 3.13. The number of nitro groups is 1. The fraction of sp³-hybridized carbons (Fsp3) is 0.316. The number of rotatable bonds is 5. The lowest BCUT2D eigenvalue weighted by molar-refractivity contribution is -0.384. The predicted molar refractivity (Wildman–Crippen MR) is 104 cm³/mol. The van der Waals surface area contributed by atoms with Crippen LogP contribution in [-0.2, 0) is 0 Å². The van der Waals surface area contributed by atoms with Crippen LogP contribution in [0.2, 0.25) is 5.02 Å². The van der Waals surface area contributed by atoms with Gasteiger partial charge in [0, 0.05) is 42.8 Å². The molecule has 1 saturated heterocycles. The molecule has 1 aliphatic heterocycles. The number of carbonyl (C=O) groups excluding carboxylic acids is 1. The summed E-state index contributed by atoms with van der Waals surface area (Å²) in [5.74, 6) is 0.598. The van der Waals surface area contributed by atoms with Crippen molar-refractivity contribution >= 4 is 28.9 Å². The van der Waals surface area contributed by atoms with Crippen LogP contribution in [0.3, 0.4) is 0 Å². The van der Waals surface area contributed by atoms with Gasteiger partial charge in [-0.25, -0.2) is 0 Å². The molecule has 8 heteroatoms. The molecule has 1 aliphatic rings. The Kier molecular flexibility index (Phi) is 5.81. The van der Waals surface area contributed by atoms with Gasteiger partial charge in [-0.3, -0.25) is 14.9 Å². The van der Waals surface area contributed by atoms with E-state index in [-0.39, 0.29) is 11.6 Å². The van der Waals surface area contributed by atoms with Crippen LogP contribution in [0.5, 0.6) is 5.75 Å². The van der Waals surface area contributed by atoms with Gasteiger partial charge in [-0.05, 0) is 37.3 Å². The maximum Gasteiger partial charge on any atom is 0.294 e. The number of amides is 1. The Labute approximate surface area is 162 Å². The van der Waals surface area contributed by atoms with E-state index in [0.717, 1.165) is 0 Å². The van der Waals surface area contributed by atoms with Gasteiger partial charge >= 0.3 is 0 Å². The average Bonchev–Trinajstić information content (AvgIpc) is 2.68. The van der Waals surface area contributed by atoms with Crippen LogP contribution in [0.25, 0.3) is 0 Å². The molecule has 1 fully saturated rings. The summed E-state index contributed by atoms with van der Waals surface area (Å²) in [6.07, 6.45) is 0. The smallest absolute Gasteiger partial charge is 0.294 e. The van der Waals surface area contributed by atoms with Crippen molar-refractivity contribution in [1.29, 1.82) is 0 Å². The molecule has 0 bridgehead atoms. The molecular weight excluding hydrogens is 370 g/mol. The number of halogens is 1. The molecule has 0 saturated carbocycles. The van der Waals surface area contributed by atoms with Gasteiger partial charge in [0.25, 0.3) is 11.6 Å². The number of piperazine rings is 1. The molecule has 1 heterocycles. The molecule has 0 unspecified atom stereocenters. The Hall–Kier alpha value is -2.80. The third kappa shape index (κ3) is 4.31. The van der Waals surface area contributed by atoms with Crippen LogP contribution < -0.4 is 9.64 Å². The van der Waals surface area contributed by atoms with Crippen LogP contribution >= 0.6 is 11.6 Å². The van der Waals surface area contributed by atoms with Crippen LogP contribution in [0.15, 0.2) is 42.5 Å². The summed E-state index contributed by atoms with van der Waals surface area (Å²) in [6, 6.07) is 11.8. The second-order valence-corrected chi connectivity index (χ2v) is 6.57. The second-order valence-electron chi connectivity index (χ2n) is 6.13. The third-order valence-corrected chi connectivity index (χ3v) is 4.67. The minimum atomic E-state index is -0.433. The van der Waals surface area contributed by atoms with E-state index in [0.29, 0.717) is 54.8 Å². The molecule has 142 valence electrons. The van der Waals surface area contributed by atoms with Crippen molar-refractivity contribution < 1.29 is 14.5 Å². The number of ether oxygens (including phenoxy) is 1. The van der Waals surface area contributed by atoms with Crippen molar-refractivity contribution in [1.82, 2.24) is 4.90 Å². The maximum atomic E-state index is 12.7. The first kappa shape index (κ1) is 19.0.